The van der Waals surface area contributed by atoms with Gasteiger partial charge in [-0.1, -0.05) is 0 Å². The van der Waals surface area contributed by atoms with E-state index in [4.69, 9.17) is 4.98 Å². The Hall–Kier alpha value is -2.96. The number of anilines is 1. The van der Waals surface area contributed by atoms with E-state index in [0.717, 1.165) is 48.6 Å². The van der Waals surface area contributed by atoms with Crippen molar-refractivity contribution in [1.82, 2.24) is 24.6 Å². The van der Waals surface area contributed by atoms with E-state index in [9.17, 15) is 4.79 Å². The quantitative estimate of drug-likeness (QED) is 0.698. The topological polar surface area (TPSA) is 67.2 Å². The smallest absolute Gasteiger partial charge is 0.274 e. The third kappa shape index (κ3) is 3.49. The highest BCUT2D eigenvalue weighted by atomic mass is 16.2. The monoisotopic (exact) mass is 364 g/mol. The molecule has 0 saturated carbocycles. The standard InChI is InChI=1S/C20H24N6O/c1-14-13-15(2)21-19-16(14)5-6-18(22-19)25-8-4-9-26(12-11-25)20(27)17-7-10-24(3)23-17/h5-7,10,13H,4,8-9,11-12H2,1-3H3. The zero-order valence-corrected chi connectivity index (χ0v) is 16.0. The van der Waals surface area contributed by atoms with Crippen molar-refractivity contribution >= 4 is 22.8 Å². The first kappa shape index (κ1) is 17.5. The molecular formula is C20H24N6O. The summed E-state index contributed by atoms with van der Waals surface area (Å²) >= 11 is 0. The molecule has 27 heavy (non-hydrogen) atoms. The maximum absolute atomic E-state index is 12.7. The molecule has 0 N–H and O–H groups in total. The molecule has 1 saturated heterocycles. The summed E-state index contributed by atoms with van der Waals surface area (Å²) in [6, 6.07) is 8.01. The molecular weight excluding hydrogens is 340 g/mol. The molecule has 0 aromatic carbocycles. The van der Waals surface area contributed by atoms with E-state index in [2.05, 4.69) is 40.1 Å². The maximum atomic E-state index is 12.7. The normalized spacial score (nSPS) is 15.2. The molecule has 1 fully saturated rings. The fourth-order valence-corrected chi connectivity index (χ4v) is 3.64. The number of amides is 1. The number of aromatic nitrogens is 4. The lowest BCUT2D eigenvalue weighted by Gasteiger charge is -2.22. The predicted octanol–water partition coefficient (Wildman–Crippen LogP) is 2.33. The third-order valence-electron chi connectivity index (χ3n) is 5.03. The molecule has 7 nitrogen and oxygen atoms in total. The molecule has 3 aromatic heterocycles. The van der Waals surface area contributed by atoms with Gasteiger partial charge in [-0.2, -0.15) is 5.10 Å². The summed E-state index contributed by atoms with van der Waals surface area (Å²) in [5, 5.41) is 5.32. The van der Waals surface area contributed by atoms with Gasteiger partial charge in [-0.3, -0.25) is 9.48 Å². The molecule has 4 heterocycles. The Morgan fingerprint density at radius 3 is 2.67 bits per heavy atom. The zero-order chi connectivity index (χ0) is 19.0. The van der Waals surface area contributed by atoms with E-state index in [1.807, 2.05) is 18.9 Å². The van der Waals surface area contributed by atoms with Crippen molar-refractivity contribution in [2.24, 2.45) is 7.05 Å². The Morgan fingerprint density at radius 1 is 1.04 bits per heavy atom. The van der Waals surface area contributed by atoms with E-state index >= 15 is 0 Å². The van der Waals surface area contributed by atoms with Gasteiger partial charge in [0.25, 0.3) is 5.91 Å². The number of hydrogen-bond acceptors (Lipinski definition) is 5. The van der Waals surface area contributed by atoms with Crippen molar-refractivity contribution in [3.8, 4) is 0 Å². The molecule has 0 atom stereocenters. The lowest BCUT2D eigenvalue weighted by molar-refractivity contribution is 0.0760. The van der Waals surface area contributed by atoms with Crippen LogP contribution in [0, 0.1) is 13.8 Å². The highest BCUT2D eigenvalue weighted by molar-refractivity contribution is 5.92. The molecule has 0 spiro atoms. The number of nitrogens with zero attached hydrogens (tertiary/aromatic N) is 6. The second kappa shape index (κ2) is 6.98. The maximum Gasteiger partial charge on any atom is 0.274 e. The van der Waals surface area contributed by atoms with Crippen LogP contribution in [0.3, 0.4) is 0 Å². The molecule has 7 heteroatoms. The SMILES string of the molecule is Cc1cc(C)c2ccc(N3CCCN(C(=O)c4ccn(C)n4)CC3)nc2n1. The number of pyridine rings is 2. The van der Waals surface area contributed by atoms with Crippen LogP contribution in [0.1, 0.15) is 28.2 Å². The van der Waals surface area contributed by atoms with Crippen molar-refractivity contribution in [3.63, 3.8) is 0 Å². The first-order chi connectivity index (χ1) is 13.0. The minimum Gasteiger partial charge on any atom is -0.355 e. The molecule has 1 amide bonds. The van der Waals surface area contributed by atoms with E-state index in [-0.39, 0.29) is 5.91 Å². The van der Waals surface area contributed by atoms with Gasteiger partial charge >= 0.3 is 0 Å². The highest BCUT2D eigenvalue weighted by Crippen LogP contribution is 2.21. The fraction of sp³-hybridized carbons (Fsp3) is 0.400. The number of carbonyl (C=O) groups is 1. The van der Waals surface area contributed by atoms with Gasteiger partial charge in [0.05, 0.1) is 0 Å². The van der Waals surface area contributed by atoms with E-state index in [1.54, 1.807) is 16.9 Å². The summed E-state index contributed by atoms with van der Waals surface area (Å²) in [7, 11) is 1.82. The molecule has 3 aromatic rings. The second-order valence-electron chi connectivity index (χ2n) is 7.13. The van der Waals surface area contributed by atoms with Gasteiger partial charge in [-0.25, -0.2) is 9.97 Å². The van der Waals surface area contributed by atoms with Crippen LogP contribution in [0.2, 0.25) is 0 Å². The van der Waals surface area contributed by atoms with Crippen molar-refractivity contribution in [2.75, 3.05) is 31.1 Å². The Balaban J connectivity index is 1.52. The van der Waals surface area contributed by atoms with E-state index in [1.165, 1.54) is 5.56 Å². The lowest BCUT2D eigenvalue weighted by Crippen LogP contribution is -2.35. The number of fused-ring (bicyclic) bond motifs is 1. The Morgan fingerprint density at radius 2 is 1.89 bits per heavy atom. The fourth-order valence-electron chi connectivity index (χ4n) is 3.64. The van der Waals surface area contributed by atoms with Crippen molar-refractivity contribution in [3.05, 3.63) is 47.4 Å². The van der Waals surface area contributed by atoms with Crippen LogP contribution in [0.4, 0.5) is 5.82 Å². The second-order valence-corrected chi connectivity index (χ2v) is 7.13. The predicted molar refractivity (Wildman–Crippen MR) is 105 cm³/mol. The number of carbonyl (C=O) groups excluding carboxylic acids is 1. The molecule has 1 aliphatic heterocycles. The Labute approximate surface area is 158 Å². The van der Waals surface area contributed by atoms with Gasteiger partial charge in [-0.05, 0) is 50.1 Å². The van der Waals surface area contributed by atoms with Crippen LogP contribution < -0.4 is 4.90 Å². The summed E-state index contributed by atoms with van der Waals surface area (Å²) in [6.07, 6.45) is 2.70. The lowest BCUT2D eigenvalue weighted by atomic mass is 10.1. The van der Waals surface area contributed by atoms with E-state index < -0.39 is 0 Å². The van der Waals surface area contributed by atoms with Crippen LogP contribution in [0.15, 0.2) is 30.5 Å². The van der Waals surface area contributed by atoms with Gasteiger partial charge in [0.1, 0.15) is 11.5 Å². The average molecular weight is 364 g/mol. The number of rotatable bonds is 2. The van der Waals surface area contributed by atoms with Crippen LogP contribution in [-0.2, 0) is 7.05 Å². The van der Waals surface area contributed by atoms with Gasteiger partial charge in [-0.15, -0.1) is 0 Å². The van der Waals surface area contributed by atoms with Crippen LogP contribution >= 0.6 is 0 Å². The first-order valence-corrected chi connectivity index (χ1v) is 9.30. The minimum atomic E-state index is -0.00293. The first-order valence-electron chi connectivity index (χ1n) is 9.30. The number of aryl methyl sites for hydroxylation is 3. The molecule has 4 rings (SSSR count). The molecule has 1 aliphatic rings. The molecule has 0 bridgehead atoms. The Bertz CT molecular complexity index is 995. The molecule has 0 aliphatic carbocycles. The van der Waals surface area contributed by atoms with Crippen LogP contribution in [-0.4, -0.2) is 56.7 Å². The number of hydrogen-bond donors (Lipinski definition) is 0. The molecule has 0 unspecified atom stereocenters. The van der Waals surface area contributed by atoms with Crippen LogP contribution in [0.25, 0.3) is 11.0 Å². The van der Waals surface area contributed by atoms with Crippen molar-refractivity contribution < 1.29 is 4.79 Å². The Kier molecular flexibility index (Phi) is 4.51. The summed E-state index contributed by atoms with van der Waals surface area (Å²) in [5.74, 6) is 0.920. The third-order valence-corrected chi connectivity index (χ3v) is 5.03. The van der Waals surface area contributed by atoms with Gasteiger partial charge in [0, 0.05) is 50.5 Å². The summed E-state index contributed by atoms with van der Waals surface area (Å²) in [6.45, 7) is 7.10. The van der Waals surface area contributed by atoms with Gasteiger partial charge in [0.2, 0.25) is 0 Å². The summed E-state index contributed by atoms with van der Waals surface area (Å²) in [4.78, 5) is 26.2. The highest BCUT2D eigenvalue weighted by Gasteiger charge is 2.22. The largest absolute Gasteiger partial charge is 0.355 e. The van der Waals surface area contributed by atoms with Crippen molar-refractivity contribution in [1.29, 1.82) is 0 Å². The van der Waals surface area contributed by atoms with Gasteiger partial charge < -0.3 is 9.80 Å². The van der Waals surface area contributed by atoms with Crippen LogP contribution in [0.5, 0.6) is 0 Å². The zero-order valence-electron chi connectivity index (χ0n) is 16.0. The summed E-state index contributed by atoms with van der Waals surface area (Å²) < 4.78 is 1.66. The van der Waals surface area contributed by atoms with E-state index in [0.29, 0.717) is 12.2 Å². The minimum absolute atomic E-state index is 0.00293. The molecule has 140 valence electrons. The summed E-state index contributed by atoms with van der Waals surface area (Å²) in [5.41, 5.74) is 3.47. The van der Waals surface area contributed by atoms with Gasteiger partial charge in [0.15, 0.2) is 5.65 Å². The van der Waals surface area contributed by atoms with Crippen molar-refractivity contribution in [2.45, 2.75) is 20.3 Å². The average Bonchev–Trinajstić information content (AvgIpc) is 2.93. The molecule has 0 radical (unpaired) electrons.